The van der Waals surface area contributed by atoms with Gasteiger partial charge in [0.15, 0.2) is 0 Å². The van der Waals surface area contributed by atoms with Crippen LogP contribution in [-0.2, 0) is 14.3 Å². The lowest BCUT2D eigenvalue weighted by Gasteiger charge is -2.44. The molecule has 1 aliphatic carbocycles. The van der Waals surface area contributed by atoms with Gasteiger partial charge < -0.3 is 14.5 Å². The van der Waals surface area contributed by atoms with E-state index in [1.807, 2.05) is 17.0 Å². The summed E-state index contributed by atoms with van der Waals surface area (Å²) in [7, 11) is 0. The van der Waals surface area contributed by atoms with Gasteiger partial charge in [0.2, 0.25) is 11.8 Å². The summed E-state index contributed by atoms with van der Waals surface area (Å²) in [6, 6.07) is 7.40. The molecular formula is C19H23ClN2O3. The Bertz CT molecular complexity index is 661. The molecule has 6 heteroatoms. The number of fused-ring (bicyclic) bond motifs is 1. The van der Waals surface area contributed by atoms with Crippen LogP contribution in [0.2, 0.25) is 5.02 Å². The number of nitrogens with zero attached hydrogens (tertiary/aromatic N) is 2. The van der Waals surface area contributed by atoms with Gasteiger partial charge in [0.1, 0.15) is 0 Å². The fourth-order valence-electron chi connectivity index (χ4n) is 4.35. The SMILES string of the molecule is O=C1C[C@H](C(=O)N2CCO[C@H]3CCCC[C@H]32)CN1c1ccc(Cl)cc1. The van der Waals surface area contributed by atoms with Gasteiger partial charge in [-0.25, -0.2) is 0 Å². The van der Waals surface area contributed by atoms with E-state index in [2.05, 4.69) is 0 Å². The molecule has 4 rings (SSSR count). The zero-order valence-electron chi connectivity index (χ0n) is 14.2. The summed E-state index contributed by atoms with van der Waals surface area (Å²) in [5.74, 6) is -0.136. The van der Waals surface area contributed by atoms with E-state index in [1.54, 1.807) is 17.0 Å². The molecular weight excluding hydrogens is 340 g/mol. The average molecular weight is 363 g/mol. The molecule has 0 aromatic heterocycles. The molecule has 25 heavy (non-hydrogen) atoms. The number of benzene rings is 1. The molecule has 134 valence electrons. The summed E-state index contributed by atoms with van der Waals surface area (Å²) < 4.78 is 5.86. The van der Waals surface area contributed by atoms with Gasteiger partial charge in [0, 0.05) is 30.2 Å². The van der Waals surface area contributed by atoms with Crippen molar-refractivity contribution in [3.05, 3.63) is 29.3 Å². The first-order valence-corrected chi connectivity index (χ1v) is 9.49. The predicted octanol–water partition coefficient (Wildman–Crippen LogP) is 2.86. The maximum atomic E-state index is 13.1. The molecule has 2 heterocycles. The van der Waals surface area contributed by atoms with E-state index in [9.17, 15) is 9.59 Å². The summed E-state index contributed by atoms with van der Waals surface area (Å²) in [6.45, 7) is 1.70. The first-order valence-electron chi connectivity index (χ1n) is 9.11. The Hall–Kier alpha value is -1.59. The number of amides is 2. The Labute approximate surface area is 152 Å². The lowest BCUT2D eigenvalue weighted by molar-refractivity contribution is -0.153. The molecule has 0 unspecified atom stereocenters. The number of morpholine rings is 1. The molecule has 2 amide bonds. The van der Waals surface area contributed by atoms with Crippen molar-refractivity contribution in [2.45, 2.75) is 44.2 Å². The molecule has 0 radical (unpaired) electrons. The van der Waals surface area contributed by atoms with Gasteiger partial charge in [-0.1, -0.05) is 24.4 Å². The maximum absolute atomic E-state index is 13.1. The van der Waals surface area contributed by atoms with Crippen LogP contribution in [0.4, 0.5) is 5.69 Å². The van der Waals surface area contributed by atoms with Gasteiger partial charge in [0.25, 0.3) is 0 Å². The molecule has 1 aromatic carbocycles. The van der Waals surface area contributed by atoms with Crippen molar-refractivity contribution in [1.82, 2.24) is 4.90 Å². The van der Waals surface area contributed by atoms with Gasteiger partial charge >= 0.3 is 0 Å². The van der Waals surface area contributed by atoms with Gasteiger partial charge in [-0.2, -0.15) is 0 Å². The van der Waals surface area contributed by atoms with Gasteiger partial charge in [0.05, 0.1) is 24.7 Å². The van der Waals surface area contributed by atoms with Crippen molar-refractivity contribution in [2.75, 3.05) is 24.6 Å². The molecule has 3 atom stereocenters. The molecule has 3 aliphatic rings. The van der Waals surface area contributed by atoms with Crippen LogP contribution < -0.4 is 4.90 Å². The fourth-order valence-corrected chi connectivity index (χ4v) is 4.47. The lowest BCUT2D eigenvalue weighted by Crippen LogP contribution is -2.56. The summed E-state index contributed by atoms with van der Waals surface area (Å²) >= 11 is 5.92. The van der Waals surface area contributed by atoms with E-state index in [1.165, 1.54) is 6.42 Å². The third-order valence-corrected chi connectivity index (χ3v) is 5.88. The maximum Gasteiger partial charge on any atom is 0.228 e. The number of carbonyl (C=O) groups is 2. The molecule has 0 N–H and O–H groups in total. The van der Waals surface area contributed by atoms with Crippen LogP contribution in [0.5, 0.6) is 0 Å². The van der Waals surface area contributed by atoms with Gasteiger partial charge in [-0.15, -0.1) is 0 Å². The number of carbonyl (C=O) groups excluding carboxylic acids is 2. The van der Waals surface area contributed by atoms with Crippen LogP contribution in [-0.4, -0.2) is 48.6 Å². The van der Waals surface area contributed by atoms with E-state index < -0.39 is 0 Å². The summed E-state index contributed by atoms with van der Waals surface area (Å²) in [6.07, 6.45) is 4.84. The van der Waals surface area contributed by atoms with Crippen LogP contribution in [0.3, 0.4) is 0 Å². The first kappa shape index (κ1) is 16.9. The third kappa shape index (κ3) is 3.27. The smallest absolute Gasteiger partial charge is 0.228 e. The Morgan fingerprint density at radius 3 is 2.72 bits per heavy atom. The third-order valence-electron chi connectivity index (χ3n) is 5.63. The summed E-state index contributed by atoms with van der Waals surface area (Å²) in [4.78, 5) is 29.2. The number of anilines is 1. The zero-order valence-corrected chi connectivity index (χ0v) is 15.0. The molecule has 3 fully saturated rings. The van der Waals surface area contributed by atoms with E-state index >= 15 is 0 Å². The second-order valence-electron chi connectivity index (χ2n) is 7.17. The normalized spacial score (nSPS) is 29.6. The minimum atomic E-state index is -0.260. The summed E-state index contributed by atoms with van der Waals surface area (Å²) in [5.41, 5.74) is 0.808. The van der Waals surface area contributed by atoms with Crippen LogP contribution >= 0.6 is 11.6 Å². The monoisotopic (exact) mass is 362 g/mol. The highest BCUT2D eigenvalue weighted by Crippen LogP contribution is 2.32. The second kappa shape index (κ2) is 6.96. The number of hydrogen-bond acceptors (Lipinski definition) is 3. The molecule has 2 saturated heterocycles. The average Bonchev–Trinajstić information content (AvgIpc) is 3.03. The van der Waals surface area contributed by atoms with Gasteiger partial charge in [-0.05, 0) is 37.1 Å². The highest BCUT2D eigenvalue weighted by molar-refractivity contribution is 6.30. The van der Waals surface area contributed by atoms with Gasteiger partial charge in [-0.3, -0.25) is 9.59 Å². The Morgan fingerprint density at radius 1 is 1.16 bits per heavy atom. The zero-order chi connectivity index (χ0) is 17.4. The highest BCUT2D eigenvalue weighted by Gasteiger charge is 2.42. The van der Waals surface area contributed by atoms with Crippen LogP contribution in [0.25, 0.3) is 0 Å². The van der Waals surface area contributed by atoms with Crippen LogP contribution in [0.15, 0.2) is 24.3 Å². The topological polar surface area (TPSA) is 49.9 Å². The number of halogens is 1. The number of hydrogen-bond donors (Lipinski definition) is 0. The standard InChI is InChI=1S/C19H23ClN2O3/c20-14-5-7-15(8-6-14)22-12-13(11-18(22)23)19(24)21-9-10-25-17-4-2-1-3-16(17)21/h5-8,13,16-17H,1-4,9-12H2/t13-,16+,17-/m0/s1. The van der Waals surface area contributed by atoms with Crippen LogP contribution in [0, 0.1) is 5.92 Å². The predicted molar refractivity (Wildman–Crippen MR) is 95.6 cm³/mol. The molecule has 0 bridgehead atoms. The van der Waals surface area contributed by atoms with Crippen molar-refractivity contribution in [3.63, 3.8) is 0 Å². The minimum Gasteiger partial charge on any atom is -0.374 e. The minimum absolute atomic E-state index is 0.00845. The van der Waals surface area contributed by atoms with Crippen molar-refractivity contribution >= 4 is 29.1 Å². The number of rotatable bonds is 2. The van der Waals surface area contributed by atoms with Crippen molar-refractivity contribution in [1.29, 1.82) is 0 Å². The lowest BCUT2D eigenvalue weighted by atomic mass is 9.89. The van der Waals surface area contributed by atoms with E-state index in [-0.39, 0.29) is 36.3 Å². The molecule has 0 spiro atoms. The quantitative estimate of drug-likeness (QED) is 0.812. The Kier molecular flexibility index (Phi) is 4.69. The van der Waals surface area contributed by atoms with E-state index in [0.29, 0.717) is 24.7 Å². The second-order valence-corrected chi connectivity index (χ2v) is 7.61. The molecule has 1 aromatic rings. The molecule has 1 saturated carbocycles. The van der Waals surface area contributed by atoms with Crippen LogP contribution in [0.1, 0.15) is 32.1 Å². The van der Waals surface area contributed by atoms with Crippen molar-refractivity contribution in [2.24, 2.45) is 5.92 Å². The summed E-state index contributed by atoms with van der Waals surface area (Å²) in [5, 5.41) is 0.639. The van der Waals surface area contributed by atoms with E-state index in [4.69, 9.17) is 16.3 Å². The van der Waals surface area contributed by atoms with Crippen molar-refractivity contribution in [3.8, 4) is 0 Å². The number of ether oxygens (including phenoxy) is 1. The first-order chi connectivity index (χ1) is 12.1. The Balaban J connectivity index is 1.47. The Morgan fingerprint density at radius 2 is 1.92 bits per heavy atom. The highest BCUT2D eigenvalue weighted by atomic mass is 35.5. The van der Waals surface area contributed by atoms with Crippen molar-refractivity contribution < 1.29 is 14.3 Å². The largest absolute Gasteiger partial charge is 0.374 e. The fraction of sp³-hybridized carbons (Fsp3) is 0.579. The molecule has 5 nitrogen and oxygen atoms in total. The van der Waals surface area contributed by atoms with E-state index in [0.717, 1.165) is 24.9 Å². The molecule has 2 aliphatic heterocycles.